The fraction of sp³-hybridized carbons (Fsp3) is 0.739. The second kappa shape index (κ2) is 10.5. The van der Waals surface area contributed by atoms with Gasteiger partial charge in [0.05, 0.1) is 11.9 Å². The van der Waals surface area contributed by atoms with Gasteiger partial charge in [0, 0.05) is 58.9 Å². The van der Waals surface area contributed by atoms with Crippen molar-refractivity contribution in [2.24, 2.45) is 5.92 Å². The molecule has 8 nitrogen and oxygen atoms in total. The fourth-order valence-corrected chi connectivity index (χ4v) is 4.28. The largest absolute Gasteiger partial charge is 0.444 e. The Balaban J connectivity index is 1.31. The number of piperidine rings is 1. The van der Waals surface area contributed by atoms with Crippen molar-refractivity contribution in [3.63, 3.8) is 0 Å². The number of anilines is 2. The summed E-state index contributed by atoms with van der Waals surface area (Å²) < 4.78 is 5.48. The SMILES string of the molecule is CN(CCN1CCN(C(=O)OC(C)(C)C)CC1)CC1CCN(c2ccc(N)nc2)CC1. The van der Waals surface area contributed by atoms with Crippen molar-refractivity contribution in [3.8, 4) is 0 Å². The van der Waals surface area contributed by atoms with Gasteiger partial charge in [0.2, 0.25) is 0 Å². The van der Waals surface area contributed by atoms with E-state index in [1.165, 1.54) is 18.5 Å². The Bertz CT molecular complexity index is 689. The molecule has 31 heavy (non-hydrogen) atoms. The molecule has 0 bridgehead atoms. The average molecular weight is 433 g/mol. The van der Waals surface area contributed by atoms with Crippen LogP contribution in [0.25, 0.3) is 0 Å². The lowest BCUT2D eigenvalue weighted by Crippen LogP contribution is -2.51. The summed E-state index contributed by atoms with van der Waals surface area (Å²) in [6.07, 6.45) is 4.11. The van der Waals surface area contributed by atoms with Crippen LogP contribution in [-0.2, 0) is 4.74 Å². The number of likely N-dealkylation sites (N-methyl/N-ethyl adjacent to an activating group) is 1. The highest BCUT2D eigenvalue weighted by atomic mass is 16.6. The van der Waals surface area contributed by atoms with Gasteiger partial charge in [-0.25, -0.2) is 9.78 Å². The highest BCUT2D eigenvalue weighted by molar-refractivity contribution is 5.68. The van der Waals surface area contributed by atoms with Gasteiger partial charge < -0.3 is 25.2 Å². The molecule has 3 rings (SSSR count). The van der Waals surface area contributed by atoms with E-state index in [-0.39, 0.29) is 6.09 Å². The van der Waals surface area contributed by atoms with Crippen LogP contribution in [0.3, 0.4) is 0 Å². The summed E-state index contributed by atoms with van der Waals surface area (Å²) in [6, 6.07) is 3.94. The van der Waals surface area contributed by atoms with Crippen molar-refractivity contribution in [3.05, 3.63) is 18.3 Å². The predicted octanol–water partition coefficient (Wildman–Crippen LogP) is 2.36. The first-order chi connectivity index (χ1) is 14.7. The monoisotopic (exact) mass is 432 g/mol. The molecule has 2 saturated heterocycles. The van der Waals surface area contributed by atoms with Crippen LogP contribution in [0.4, 0.5) is 16.3 Å². The van der Waals surface area contributed by atoms with E-state index in [2.05, 4.69) is 32.8 Å². The van der Waals surface area contributed by atoms with Crippen molar-refractivity contribution >= 4 is 17.6 Å². The van der Waals surface area contributed by atoms with Crippen LogP contribution < -0.4 is 10.6 Å². The number of hydrogen-bond acceptors (Lipinski definition) is 7. The Labute approximate surface area is 187 Å². The van der Waals surface area contributed by atoms with E-state index in [1.807, 2.05) is 37.9 Å². The van der Waals surface area contributed by atoms with Crippen LogP contribution >= 0.6 is 0 Å². The first kappa shape index (κ1) is 23.6. The molecule has 3 heterocycles. The van der Waals surface area contributed by atoms with E-state index < -0.39 is 5.60 Å². The Morgan fingerprint density at radius 1 is 1.16 bits per heavy atom. The lowest BCUT2D eigenvalue weighted by molar-refractivity contribution is 0.0139. The summed E-state index contributed by atoms with van der Waals surface area (Å²) in [7, 11) is 2.23. The number of aromatic nitrogens is 1. The van der Waals surface area contributed by atoms with Crippen LogP contribution in [0.1, 0.15) is 33.6 Å². The lowest BCUT2D eigenvalue weighted by atomic mass is 9.96. The molecule has 2 fully saturated rings. The number of hydrogen-bond donors (Lipinski definition) is 1. The lowest BCUT2D eigenvalue weighted by Gasteiger charge is -2.37. The molecule has 1 amide bonds. The Morgan fingerprint density at radius 2 is 1.84 bits per heavy atom. The van der Waals surface area contributed by atoms with Gasteiger partial charge in [0.15, 0.2) is 0 Å². The van der Waals surface area contributed by atoms with Crippen LogP contribution in [0.2, 0.25) is 0 Å². The number of nitrogen functional groups attached to an aromatic ring is 1. The van der Waals surface area contributed by atoms with E-state index in [0.29, 0.717) is 5.82 Å². The van der Waals surface area contributed by atoms with Gasteiger partial charge in [-0.05, 0) is 58.7 Å². The molecule has 0 aliphatic carbocycles. The summed E-state index contributed by atoms with van der Waals surface area (Å²) in [5, 5.41) is 0. The predicted molar refractivity (Wildman–Crippen MR) is 125 cm³/mol. The molecule has 0 aromatic carbocycles. The first-order valence-corrected chi connectivity index (χ1v) is 11.5. The fourth-order valence-electron chi connectivity index (χ4n) is 4.28. The maximum Gasteiger partial charge on any atom is 0.410 e. The van der Waals surface area contributed by atoms with Crippen molar-refractivity contribution in [2.45, 2.75) is 39.2 Å². The quantitative estimate of drug-likeness (QED) is 0.739. The van der Waals surface area contributed by atoms with Crippen molar-refractivity contribution in [1.29, 1.82) is 0 Å². The van der Waals surface area contributed by atoms with Crippen molar-refractivity contribution < 1.29 is 9.53 Å². The second-order valence-electron chi connectivity index (χ2n) is 9.94. The van der Waals surface area contributed by atoms with Gasteiger partial charge in [-0.2, -0.15) is 0 Å². The molecule has 8 heteroatoms. The first-order valence-electron chi connectivity index (χ1n) is 11.5. The van der Waals surface area contributed by atoms with Gasteiger partial charge in [0.25, 0.3) is 0 Å². The molecule has 2 aliphatic rings. The number of amides is 1. The van der Waals surface area contributed by atoms with Crippen molar-refractivity contribution in [1.82, 2.24) is 19.7 Å². The third kappa shape index (κ3) is 7.54. The minimum Gasteiger partial charge on any atom is -0.444 e. The minimum atomic E-state index is -0.431. The van der Waals surface area contributed by atoms with E-state index in [4.69, 9.17) is 10.5 Å². The third-order valence-electron chi connectivity index (χ3n) is 6.14. The van der Waals surface area contributed by atoms with Gasteiger partial charge in [-0.3, -0.25) is 4.90 Å². The molecule has 0 spiro atoms. The number of carbonyl (C=O) groups is 1. The number of carbonyl (C=O) groups excluding carboxylic acids is 1. The van der Waals surface area contributed by atoms with E-state index in [0.717, 1.165) is 64.8 Å². The van der Waals surface area contributed by atoms with Gasteiger partial charge in [-0.1, -0.05) is 0 Å². The maximum atomic E-state index is 12.2. The van der Waals surface area contributed by atoms with Crippen LogP contribution in [-0.4, -0.2) is 97.3 Å². The third-order valence-corrected chi connectivity index (χ3v) is 6.14. The molecule has 174 valence electrons. The zero-order chi connectivity index (χ0) is 22.4. The molecule has 0 radical (unpaired) electrons. The van der Waals surface area contributed by atoms with E-state index in [1.54, 1.807) is 0 Å². The number of ether oxygens (including phenoxy) is 1. The van der Waals surface area contributed by atoms with Gasteiger partial charge in [0.1, 0.15) is 11.4 Å². The minimum absolute atomic E-state index is 0.189. The Kier molecular flexibility index (Phi) is 8.00. The Morgan fingerprint density at radius 3 is 2.42 bits per heavy atom. The van der Waals surface area contributed by atoms with E-state index >= 15 is 0 Å². The Hall–Kier alpha value is -2.06. The number of nitrogens with zero attached hydrogens (tertiary/aromatic N) is 5. The summed E-state index contributed by atoms with van der Waals surface area (Å²) in [5.41, 5.74) is 6.44. The average Bonchev–Trinajstić information content (AvgIpc) is 2.73. The number of pyridine rings is 1. The van der Waals surface area contributed by atoms with Crippen LogP contribution in [0.5, 0.6) is 0 Å². The topological polar surface area (TPSA) is 78.2 Å². The van der Waals surface area contributed by atoms with Crippen molar-refractivity contribution in [2.75, 3.05) is 76.6 Å². The zero-order valence-electron chi connectivity index (χ0n) is 19.7. The molecule has 1 aromatic rings. The molecule has 2 aliphatic heterocycles. The number of nitrogens with two attached hydrogens (primary N) is 1. The van der Waals surface area contributed by atoms with Gasteiger partial charge in [-0.15, -0.1) is 0 Å². The molecule has 0 atom stereocenters. The number of piperazine rings is 1. The summed E-state index contributed by atoms with van der Waals surface area (Å²) in [4.78, 5) is 25.6. The molecule has 2 N–H and O–H groups in total. The standard InChI is InChI=1S/C23H40N6O2/c1-23(2,3)31-22(30)29-15-13-27(14-16-29)12-11-26(4)18-19-7-9-28(10-8-19)20-5-6-21(24)25-17-20/h5-6,17,19H,7-16,18H2,1-4H3,(H2,24,25). The summed E-state index contributed by atoms with van der Waals surface area (Å²) >= 11 is 0. The smallest absolute Gasteiger partial charge is 0.410 e. The normalized spacial score (nSPS) is 19.1. The van der Waals surface area contributed by atoms with Gasteiger partial charge >= 0.3 is 6.09 Å². The zero-order valence-corrected chi connectivity index (χ0v) is 19.7. The summed E-state index contributed by atoms with van der Waals surface area (Å²) in [5.74, 6) is 1.32. The highest BCUT2D eigenvalue weighted by Gasteiger charge is 2.26. The van der Waals surface area contributed by atoms with E-state index in [9.17, 15) is 4.79 Å². The molecule has 0 unspecified atom stereocenters. The second-order valence-corrected chi connectivity index (χ2v) is 9.94. The molecular weight excluding hydrogens is 392 g/mol. The molecule has 0 saturated carbocycles. The summed E-state index contributed by atoms with van der Waals surface area (Å²) in [6.45, 7) is 14.5. The number of rotatable bonds is 6. The molecular formula is C23H40N6O2. The molecule has 1 aromatic heterocycles. The van der Waals surface area contributed by atoms with Crippen LogP contribution in [0, 0.1) is 5.92 Å². The highest BCUT2D eigenvalue weighted by Crippen LogP contribution is 2.23. The maximum absolute atomic E-state index is 12.2. The van der Waals surface area contributed by atoms with Crippen LogP contribution in [0.15, 0.2) is 18.3 Å².